The minimum atomic E-state index is 0.602. The summed E-state index contributed by atoms with van der Waals surface area (Å²) in [7, 11) is 0. The maximum Gasteiger partial charge on any atom is 0.0299 e. The van der Waals surface area contributed by atoms with E-state index in [1.54, 1.807) is 0 Å². The van der Waals surface area contributed by atoms with Crippen molar-refractivity contribution in [3.05, 3.63) is 21.9 Å². The number of rotatable bonds is 7. The largest absolute Gasteiger partial charge is 0.314 e. The molecule has 0 unspecified atom stereocenters. The summed E-state index contributed by atoms with van der Waals surface area (Å²) in [5.41, 5.74) is 0. The van der Waals surface area contributed by atoms with E-state index in [0.29, 0.717) is 6.04 Å². The van der Waals surface area contributed by atoms with Crippen LogP contribution in [0.5, 0.6) is 0 Å². The van der Waals surface area contributed by atoms with Crippen LogP contribution in [0, 0.1) is 6.92 Å². The van der Waals surface area contributed by atoms with Crippen molar-refractivity contribution in [2.75, 3.05) is 13.1 Å². The smallest absolute Gasteiger partial charge is 0.0299 e. The van der Waals surface area contributed by atoms with Crippen LogP contribution in [0.4, 0.5) is 0 Å². The summed E-state index contributed by atoms with van der Waals surface area (Å²) in [6.45, 7) is 9.73. The van der Waals surface area contributed by atoms with Gasteiger partial charge < -0.3 is 10.6 Å². The van der Waals surface area contributed by atoms with E-state index in [0.717, 1.165) is 19.6 Å². The highest BCUT2D eigenvalue weighted by molar-refractivity contribution is 7.11. The van der Waals surface area contributed by atoms with Gasteiger partial charge in [-0.3, -0.25) is 0 Å². The van der Waals surface area contributed by atoms with Gasteiger partial charge in [-0.25, -0.2) is 0 Å². The van der Waals surface area contributed by atoms with Crippen molar-refractivity contribution in [2.24, 2.45) is 0 Å². The second-order valence-electron chi connectivity index (χ2n) is 4.15. The van der Waals surface area contributed by atoms with Crippen molar-refractivity contribution in [2.45, 2.75) is 39.8 Å². The lowest BCUT2D eigenvalue weighted by molar-refractivity contribution is 0.548. The quantitative estimate of drug-likeness (QED) is 0.698. The summed E-state index contributed by atoms with van der Waals surface area (Å²) >= 11 is 1.88. The molecular weight excluding hydrogens is 204 g/mol. The van der Waals surface area contributed by atoms with Gasteiger partial charge >= 0.3 is 0 Å². The molecule has 0 bridgehead atoms. The second kappa shape index (κ2) is 6.99. The van der Waals surface area contributed by atoms with Crippen LogP contribution in [0.15, 0.2) is 12.1 Å². The molecule has 15 heavy (non-hydrogen) atoms. The Morgan fingerprint density at radius 3 is 2.67 bits per heavy atom. The summed E-state index contributed by atoms with van der Waals surface area (Å²) in [5, 5.41) is 6.87. The molecule has 0 aliphatic carbocycles. The molecule has 86 valence electrons. The fourth-order valence-corrected chi connectivity index (χ4v) is 2.26. The Labute approximate surface area is 97.1 Å². The van der Waals surface area contributed by atoms with Crippen molar-refractivity contribution in [3.63, 3.8) is 0 Å². The van der Waals surface area contributed by atoms with E-state index in [1.165, 1.54) is 16.2 Å². The van der Waals surface area contributed by atoms with E-state index in [4.69, 9.17) is 0 Å². The molecule has 0 amide bonds. The zero-order chi connectivity index (χ0) is 11.1. The maximum atomic E-state index is 3.46. The third-order valence-electron chi connectivity index (χ3n) is 2.18. The van der Waals surface area contributed by atoms with Crippen molar-refractivity contribution >= 4 is 11.3 Å². The number of hydrogen-bond donors (Lipinski definition) is 2. The SMILES string of the molecule is Cc1ccc(CNCCCNC(C)C)s1. The molecule has 0 fully saturated rings. The first kappa shape index (κ1) is 12.7. The molecule has 0 saturated heterocycles. The fraction of sp³-hybridized carbons (Fsp3) is 0.667. The molecule has 1 heterocycles. The highest BCUT2D eigenvalue weighted by Crippen LogP contribution is 2.14. The fourth-order valence-electron chi connectivity index (χ4n) is 1.40. The summed E-state index contributed by atoms with van der Waals surface area (Å²) in [5.74, 6) is 0. The van der Waals surface area contributed by atoms with Crippen LogP contribution in [-0.2, 0) is 6.54 Å². The molecule has 3 heteroatoms. The van der Waals surface area contributed by atoms with Crippen molar-refractivity contribution < 1.29 is 0 Å². The third kappa shape index (κ3) is 5.92. The van der Waals surface area contributed by atoms with E-state index in [1.807, 2.05) is 11.3 Å². The van der Waals surface area contributed by atoms with Gasteiger partial charge in [-0.05, 0) is 38.6 Å². The molecule has 1 rings (SSSR count). The number of aryl methyl sites for hydroxylation is 1. The predicted molar refractivity (Wildman–Crippen MR) is 68.5 cm³/mol. The lowest BCUT2D eigenvalue weighted by Crippen LogP contribution is -2.26. The molecule has 1 aromatic rings. The zero-order valence-electron chi connectivity index (χ0n) is 9.97. The van der Waals surface area contributed by atoms with Gasteiger partial charge in [0.05, 0.1) is 0 Å². The average Bonchev–Trinajstić information content (AvgIpc) is 2.57. The lowest BCUT2D eigenvalue weighted by Gasteiger charge is -2.07. The van der Waals surface area contributed by atoms with Crippen LogP contribution in [0.2, 0.25) is 0 Å². The van der Waals surface area contributed by atoms with Gasteiger partial charge in [0.2, 0.25) is 0 Å². The normalized spacial score (nSPS) is 11.2. The van der Waals surface area contributed by atoms with Gasteiger partial charge in [-0.15, -0.1) is 11.3 Å². The zero-order valence-corrected chi connectivity index (χ0v) is 10.8. The molecule has 0 radical (unpaired) electrons. The van der Waals surface area contributed by atoms with Gasteiger partial charge in [-0.1, -0.05) is 13.8 Å². The monoisotopic (exact) mass is 226 g/mol. The van der Waals surface area contributed by atoms with Crippen molar-refractivity contribution in [1.82, 2.24) is 10.6 Å². The Balaban J connectivity index is 1.98. The molecule has 0 atom stereocenters. The highest BCUT2D eigenvalue weighted by atomic mass is 32.1. The first-order valence-electron chi connectivity index (χ1n) is 5.68. The first-order valence-corrected chi connectivity index (χ1v) is 6.49. The van der Waals surface area contributed by atoms with E-state index in [2.05, 4.69) is 43.5 Å². The second-order valence-corrected chi connectivity index (χ2v) is 5.52. The molecule has 2 N–H and O–H groups in total. The van der Waals surface area contributed by atoms with Gasteiger partial charge in [0, 0.05) is 22.3 Å². The van der Waals surface area contributed by atoms with Crippen molar-refractivity contribution in [3.8, 4) is 0 Å². The van der Waals surface area contributed by atoms with Gasteiger partial charge in [0.25, 0.3) is 0 Å². The minimum Gasteiger partial charge on any atom is -0.314 e. The van der Waals surface area contributed by atoms with Gasteiger partial charge in [0.15, 0.2) is 0 Å². The van der Waals surface area contributed by atoms with Crippen LogP contribution in [0.3, 0.4) is 0 Å². The van der Waals surface area contributed by atoms with E-state index in [9.17, 15) is 0 Å². The number of nitrogens with one attached hydrogen (secondary N) is 2. The van der Waals surface area contributed by atoms with Crippen LogP contribution in [-0.4, -0.2) is 19.1 Å². The standard InChI is InChI=1S/C12H22N2S/c1-10(2)14-8-4-7-13-9-12-6-5-11(3)15-12/h5-6,10,13-14H,4,7-9H2,1-3H3. The molecule has 2 nitrogen and oxygen atoms in total. The lowest BCUT2D eigenvalue weighted by atomic mass is 10.3. The Hall–Kier alpha value is -0.380. The highest BCUT2D eigenvalue weighted by Gasteiger charge is 1.96. The summed E-state index contributed by atoms with van der Waals surface area (Å²) < 4.78 is 0. The van der Waals surface area contributed by atoms with E-state index in [-0.39, 0.29) is 0 Å². The van der Waals surface area contributed by atoms with Crippen LogP contribution in [0.25, 0.3) is 0 Å². The predicted octanol–water partition coefficient (Wildman–Crippen LogP) is 2.53. The molecular formula is C12H22N2S. The maximum absolute atomic E-state index is 3.46. The summed E-state index contributed by atoms with van der Waals surface area (Å²) in [6, 6.07) is 4.99. The van der Waals surface area contributed by atoms with Crippen LogP contribution >= 0.6 is 11.3 Å². The Morgan fingerprint density at radius 2 is 2.07 bits per heavy atom. The molecule has 0 spiro atoms. The number of hydrogen-bond acceptors (Lipinski definition) is 3. The third-order valence-corrected chi connectivity index (χ3v) is 3.18. The van der Waals surface area contributed by atoms with E-state index < -0.39 is 0 Å². The van der Waals surface area contributed by atoms with Gasteiger partial charge in [0.1, 0.15) is 0 Å². The van der Waals surface area contributed by atoms with Crippen LogP contribution in [0.1, 0.15) is 30.0 Å². The molecule has 1 aromatic heterocycles. The van der Waals surface area contributed by atoms with Crippen LogP contribution < -0.4 is 10.6 Å². The van der Waals surface area contributed by atoms with E-state index >= 15 is 0 Å². The number of thiophene rings is 1. The Kier molecular flexibility index (Phi) is 5.91. The topological polar surface area (TPSA) is 24.1 Å². The molecule has 0 aliphatic heterocycles. The summed E-state index contributed by atoms with van der Waals surface area (Å²) in [4.78, 5) is 2.83. The minimum absolute atomic E-state index is 0.602. The Bertz CT molecular complexity index is 268. The van der Waals surface area contributed by atoms with Crippen molar-refractivity contribution in [1.29, 1.82) is 0 Å². The molecule has 0 aromatic carbocycles. The van der Waals surface area contributed by atoms with Gasteiger partial charge in [-0.2, -0.15) is 0 Å². The summed E-state index contributed by atoms with van der Waals surface area (Å²) in [6.07, 6.45) is 1.20. The molecule has 0 saturated carbocycles. The Morgan fingerprint density at radius 1 is 1.27 bits per heavy atom. The first-order chi connectivity index (χ1) is 7.18. The average molecular weight is 226 g/mol. The molecule has 0 aliphatic rings.